The van der Waals surface area contributed by atoms with Crippen molar-refractivity contribution >= 4 is 28.9 Å². The molecule has 0 heterocycles. The van der Waals surface area contributed by atoms with E-state index in [9.17, 15) is 4.79 Å². The third kappa shape index (κ3) is 3.44. The Kier molecular flexibility index (Phi) is 4.89. The molecule has 0 spiro atoms. The molecule has 1 aromatic carbocycles. The van der Waals surface area contributed by atoms with E-state index < -0.39 is 0 Å². The second kappa shape index (κ2) is 6.46. The number of nitrogens with zero attached hydrogens (tertiary/aromatic N) is 1. The van der Waals surface area contributed by atoms with E-state index in [-0.39, 0.29) is 11.9 Å². The first-order valence-electron chi connectivity index (χ1n) is 7.00. The monoisotopic (exact) mass is 295 g/mol. The molecule has 0 radical (unpaired) electrons. The SMILES string of the molecule is CN(C)c1c(Cl)cccc1NC(=O)C[C@@H]1CCC[C@H]1N. The quantitative estimate of drug-likeness (QED) is 0.898. The van der Waals surface area contributed by atoms with Crippen LogP contribution in [0.15, 0.2) is 18.2 Å². The molecule has 2 rings (SSSR count). The highest BCUT2D eigenvalue weighted by atomic mass is 35.5. The maximum absolute atomic E-state index is 12.2. The lowest BCUT2D eigenvalue weighted by atomic mass is 10.00. The van der Waals surface area contributed by atoms with Crippen LogP contribution >= 0.6 is 11.6 Å². The van der Waals surface area contributed by atoms with Crippen molar-refractivity contribution < 1.29 is 4.79 Å². The Balaban J connectivity index is 2.06. The van der Waals surface area contributed by atoms with Crippen LogP contribution in [-0.2, 0) is 4.79 Å². The van der Waals surface area contributed by atoms with Crippen molar-refractivity contribution in [3.8, 4) is 0 Å². The first kappa shape index (κ1) is 15.1. The smallest absolute Gasteiger partial charge is 0.224 e. The van der Waals surface area contributed by atoms with Gasteiger partial charge in [0.2, 0.25) is 5.91 Å². The van der Waals surface area contributed by atoms with Crippen LogP contribution in [0.2, 0.25) is 5.02 Å². The maximum Gasteiger partial charge on any atom is 0.224 e. The van der Waals surface area contributed by atoms with Gasteiger partial charge in [-0.05, 0) is 30.9 Å². The summed E-state index contributed by atoms with van der Waals surface area (Å²) in [5, 5.41) is 3.59. The van der Waals surface area contributed by atoms with Gasteiger partial charge >= 0.3 is 0 Å². The average Bonchev–Trinajstić information content (AvgIpc) is 2.74. The van der Waals surface area contributed by atoms with E-state index in [0.717, 1.165) is 30.6 Å². The topological polar surface area (TPSA) is 58.4 Å². The van der Waals surface area contributed by atoms with Gasteiger partial charge in [-0.3, -0.25) is 4.79 Å². The van der Waals surface area contributed by atoms with Gasteiger partial charge in [0, 0.05) is 26.6 Å². The predicted octanol–water partition coefficient (Wildman–Crippen LogP) is 2.86. The number of hydrogen-bond acceptors (Lipinski definition) is 3. The standard InChI is InChI=1S/C15H22ClN3O/c1-19(2)15-11(16)6-4-8-13(15)18-14(20)9-10-5-3-7-12(10)17/h4,6,8,10,12H,3,5,7,9,17H2,1-2H3,(H,18,20)/t10-,12+/m0/s1. The molecule has 1 amide bonds. The third-order valence-electron chi connectivity index (χ3n) is 3.87. The van der Waals surface area contributed by atoms with Crippen LogP contribution in [0.5, 0.6) is 0 Å². The zero-order valence-corrected chi connectivity index (χ0v) is 12.8. The van der Waals surface area contributed by atoms with Crippen molar-refractivity contribution in [2.24, 2.45) is 11.7 Å². The van der Waals surface area contributed by atoms with E-state index >= 15 is 0 Å². The molecule has 110 valence electrons. The van der Waals surface area contributed by atoms with Crippen molar-refractivity contribution in [3.63, 3.8) is 0 Å². The number of rotatable bonds is 4. The highest BCUT2D eigenvalue weighted by Gasteiger charge is 2.26. The summed E-state index contributed by atoms with van der Waals surface area (Å²) in [5.41, 5.74) is 7.59. The average molecular weight is 296 g/mol. The molecule has 1 saturated carbocycles. The molecule has 0 aromatic heterocycles. The molecule has 1 aliphatic carbocycles. The molecule has 1 fully saturated rings. The molecular weight excluding hydrogens is 274 g/mol. The lowest BCUT2D eigenvalue weighted by Gasteiger charge is -2.20. The maximum atomic E-state index is 12.2. The van der Waals surface area contributed by atoms with Crippen LogP contribution in [0, 0.1) is 5.92 Å². The molecule has 0 aliphatic heterocycles. The van der Waals surface area contributed by atoms with Gasteiger partial charge in [-0.1, -0.05) is 24.1 Å². The van der Waals surface area contributed by atoms with E-state index in [1.54, 1.807) is 0 Å². The highest BCUT2D eigenvalue weighted by Crippen LogP contribution is 2.33. The number of para-hydroxylation sites is 1. The van der Waals surface area contributed by atoms with Crippen molar-refractivity contribution in [2.75, 3.05) is 24.3 Å². The number of carbonyl (C=O) groups excluding carboxylic acids is 1. The molecule has 1 aromatic rings. The van der Waals surface area contributed by atoms with Gasteiger partial charge in [0.05, 0.1) is 16.4 Å². The molecule has 0 saturated heterocycles. The van der Waals surface area contributed by atoms with E-state index in [2.05, 4.69) is 5.32 Å². The molecule has 0 bridgehead atoms. The lowest BCUT2D eigenvalue weighted by Crippen LogP contribution is -2.28. The molecule has 4 nitrogen and oxygen atoms in total. The van der Waals surface area contributed by atoms with Crippen molar-refractivity contribution in [1.82, 2.24) is 0 Å². The summed E-state index contributed by atoms with van der Waals surface area (Å²) in [5.74, 6) is 0.315. The second-order valence-electron chi connectivity index (χ2n) is 5.64. The van der Waals surface area contributed by atoms with Crippen molar-refractivity contribution in [3.05, 3.63) is 23.2 Å². The number of halogens is 1. The number of nitrogens with one attached hydrogen (secondary N) is 1. The zero-order valence-electron chi connectivity index (χ0n) is 12.0. The van der Waals surface area contributed by atoms with E-state index in [1.165, 1.54) is 0 Å². The van der Waals surface area contributed by atoms with Gasteiger partial charge in [0.1, 0.15) is 0 Å². The number of amides is 1. The Morgan fingerprint density at radius 1 is 1.45 bits per heavy atom. The number of anilines is 2. The minimum Gasteiger partial charge on any atom is -0.375 e. The predicted molar refractivity (Wildman–Crippen MR) is 84.3 cm³/mol. The molecular formula is C15H22ClN3O. The zero-order chi connectivity index (χ0) is 14.7. The summed E-state index contributed by atoms with van der Waals surface area (Å²) in [7, 11) is 3.81. The number of nitrogens with two attached hydrogens (primary N) is 1. The minimum atomic E-state index is 0.0118. The molecule has 2 atom stereocenters. The second-order valence-corrected chi connectivity index (χ2v) is 6.04. The Bertz CT molecular complexity index is 490. The summed E-state index contributed by atoms with van der Waals surface area (Å²) >= 11 is 6.19. The van der Waals surface area contributed by atoms with Crippen LogP contribution in [-0.4, -0.2) is 26.0 Å². The summed E-state index contributed by atoms with van der Waals surface area (Å²) in [6, 6.07) is 5.69. The van der Waals surface area contributed by atoms with Gasteiger partial charge in [-0.25, -0.2) is 0 Å². The summed E-state index contributed by atoms with van der Waals surface area (Å²) in [4.78, 5) is 14.1. The van der Waals surface area contributed by atoms with Gasteiger partial charge < -0.3 is 16.0 Å². The van der Waals surface area contributed by atoms with Gasteiger partial charge in [-0.2, -0.15) is 0 Å². The number of carbonyl (C=O) groups is 1. The van der Waals surface area contributed by atoms with E-state index in [1.807, 2.05) is 37.2 Å². The van der Waals surface area contributed by atoms with E-state index in [4.69, 9.17) is 17.3 Å². The van der Waals surface area contributed by atoms with Crippen molar-refractivity contribution in [1.29, 1.82) is 0 Å². The fourth-order valence-electron chi connectivity index (χ4n) is 2.83. The first-order valence-corrected chi connectivity index (χ1v) is 7.38. The molecule has 1 aliphatic rings. The summed E-state index contributed by atoms with van der Waals surface area (Å²) in [6.45, 7) is 0. The number of hydrogen-bond donors (Lipinski definition) is 2. The highest BCUT2D eigenvalue weighted by molar-refractivity contribution is 6.34. The summed E-state index contributed by atoms with van der Waals surface area (Å²) < 4.78 is 0. The van der Waals surface area contributed by atoms with Crippen molar-refractivity contribution in [2.45, 2.75) is 31.7 Å². The van der Waals surface area contributed by atoms with E-state index in [0.29, 0.717) is 17.4 Å². The molecule has 0 unspecified atom stereocenters. The Labute approximate surface area is 125 Å². The normalized spacial score (nSPS) is 21.8. The Morgan fingerprint density at radius 3 is 2.80 bits per heavy atom. The molecule has 3 N–H and O–H groups in total. The Morgan fingerprint density at radius 2 is 2.20 bits per heavy atom. The van der Waals surface area contributed by atoms with Crippen LogP contribution in [0.4, 0.5) is 11.4 Å². The lowest BCUT2D eigenvalue weighted by molar-refractivity contribution is -0.117. The van der Waals surface area contributed by atoms with Gasteiger partial charge in [-0.15, -0.1) is 0 Å². The van der Waals surface area contributed by atoms with Crippen LogP contribution < -0.4 is 16.0 Å². The molecule has 20 heavy (non-hydrogen) atoms. The van der Waals surface area contributed by atoms with Crippen LogP contribution in [0.1, 0.15) is 25.7 Å². The minimum absolute atomic E-state index is 0.0118. The van der Waals surface area contributed by atoms with Gasteiger partial charge in [0.15, 0.2) is 0 Å². The Hall–Kier alpha value is -1.26. The first-order chi connectivity index (χ1) is 9.49. The third-order valence-corrected chi connectivity index (χ3v) is 4.18. The fourth-order valence-corrected chi connectivity index (χ4v) is 3.17. The van der Waals surface area contributed by atoms with Crippen LogP contribution in [0.25, 0.3) is 0 Å². The summed E-state index contributed by atoms with van der Waals surface area (Å²) in [6.07, 6.45) is 3.68. The number of benzene rings is 1. The van der Waals surface area contributed by atoms with Gasteiger partial charge in [0.25, 0.3) is 0 Å². The largest absolute Gasteiger partial charge is 0.375 e. The molecule has 5 heteroatoms. The van der Waals surface area contributed by atoms with Crippen LogP contribution in [0.3, 0.4) is 0 Å². The fraction of sp³-hybridized carbons (Fsp3) is 0.533.